The molecule has 0 spiro atoms. The summed E-state index contributed by atoms with van der Waals surface area (Å²) in [6.07, 6.45) is 10.1. The SMILES string of the molecule is CCn1nccc1CNC1CC=CCC1. The van der Waals surface area contributed by atoms with Gasteiger partial charge in [-0.25, -0.2) is 0 Å². The standard InChI is InChI=1S/C12H19N3/c1-2-15-12(8-9-14-15)10-13-11-6-4-3-5-7-11/h3-4,8-9,11,13H,2,5-7,10H2,1H3. The Hall–Kier alpha value is -1.09. The average Bonchev–Trinajstić information content (AvgIpc) is 2.75. The molecule has 82 valence electrons. The molecule has 1 unspecified atom stereocenters. The molecule has 2 rings (SSSR count). The van der Waals surface area contributed by atoms with Gasteiger partial charge in [0.2, 0.25) is 0 Å². The van der Waals surface area contributed by atoms with Crippen LogP contribution >= 0.6 is 0 Å². The predicted octanol–water partition coefficient (Wildman–Crippen LogP) is 2.10. The minimum atomic E-state index is 0.648. The second-order valence-electron chi connectivity index (χ2n) is 4.00. The van der Waals surface area contributed by atoms with E-state index in [1.807, 2.05) is 10.9 Å². The van der Waals surface area contributed by atoms with Crippen molar-refractivity contribution in [2.24, 2.45) is 0 Å². The summed E-state index contributed by atoms with van der Waals surface area (Å²) in [5.74, 6) is 0. The van der Waals surface area contributed by atoms with Crippen molar-refractivity contribution < 1.29 is 0 Å². The lowest BCUT2D eigenvalue weighted by Gasteiger charge is -2.19. The zero-order valence-corrected chi connectivity index (χ0v) is 9.32. The molecule has 3 nitrogen and oxygen atoms in total. The number of hydrogen-bond acceptors (Lipinski definition) is 2. The first-order valence-electron chi connectivity index (χ1n) is 5.79. The second kappa shape index (κ2) is 5.12. The van der Waals surface area contributed by atoms with Crippen LogP contribution in [-0.4, -0.2) is 15.8 Å². The van der Waals surface area contributed by atoms with E-state index >= 15 is 0 Å². The van der Waals surface area contributed by atoms with Crippen LogP contribution in [0.2, 0.25) is 0 Å². The molecule has 1 atom stereocenters. The third-order valence-corrected chi connectivity index (χ3v) is 2.94. The van der Waals surface area contributed by atoms with Crippen LogP contribution in [0.1, 0.15) is 31.9 Å². The van der Waals surface area contributed by atoms with Crippen LogP contribution in [0.15, 0.2) is 24.4 Å². The van der Waals surface area contributed by atoms with Gasteiger partial charge in [-0.3, -0.25) is 4.68 Å². The summed E-state index contributed by atoms with van der Waals surface area (Å²) >= 11 is 0. The minimum absolute atomic E-state index is 0.648. The fourth-order valence-electron chi connectivity index (χ4n) is 2.02. The molecule has 0 saturated carbocycles. The van der Waals surface area contributed by atoms with E-state index < -0.39 is 0 Å². The lowest BCUT2D eigenvalue weighted by molar-refractivity contribution is 0.459. The zero-order chi connectivity index (χ0) is 10.5. The second-order valence-corrected chi connectivity index (χ2v) is 4.00. The first-order chi connectivity index (χ1) is 7.40. The first kappa shape index (κ1) is 10.4. The summed E-state index contributed by atoms with van der Waals surface area (Å²) in [5, 5.41) is 7.85. The molecular weight excluding hydrogens is 186 g/mol. The number of aromatic nitrogens is 2. The monoisotopic (exact) mass is 205 g/mol. The smallest absolute Gasteiger partial charge is 0.0522 e. The van der Waals surface area contributed by atoms with Crippen LogP contribution < -0.4 is 5.32 Å². The Labute approximate surface area is 91.2 Å². The van der Waals surface area contributed by atoms with E-state index in [0.717, 1.165) is 13.1 Å². The molecule has 0 aromatic carbocycles. The van der Waals surface area contributed by atoms with E-state index in [1.165, 1.54) is 25.0 Å². The summed E-state index contributed by atoms with van der Waals surface area (Å²) in [6, 6.07) is 2.74. The minimum Gasteiger partial charge on any atom is -0.308 e. The van der Waals surface area contributed by atoms with Gasteiger partial charge in [0.25, 0.3) is 0 Å². The Bertz CT molecular complexity index is 327. The summed E-state index contributed by atoms with van der Waals surface area (Å²) in [5.41, 5.74) is 1.28. The van der Waals surface area contributed by atoms with Gasteiger partial charge in [0.15, 0.2) is 0 Å². The third kappa shape index (κ3) is 2.69. The molecule has 0 fully saturated rings. The highest BCUT2D eigenvalue weighted by atomic mass is 15.3. The molecule has 0 radical (unpaired) electrons. The van der Waals surface area contributed by atoms with Crippen molar-refractivity contribution in [1.82, 2.24) is 15.1 Å². The molecule has 1 heterocycles. The van der Waals surface area contributed by atoms with Crippen LogP contribution in [0.3, 0.4) is 0 Å². The maximum atomic E-state index is 4.26. The van der Waals surface area contributed by atoms with Gasteiger partial charge in [0, 0.05) is 25.3 Å². The number of nitrogens with one attached hydrogen (secondary N) is 1. The highest BCUT2D eigenvalue weighted by Crippen LogP contribution is 2.11. The highest BCUT2D eigenvalue weighted by molar-refractivity contribution is 5.01. The van der Waals surface area contributed by atoms with Gasteiger partial charge in [-0.1, -0.05) is 12.2 Å². The Kier molecular flexibility index (Phi) is 3.56. The number of hydrogen-bond donors (Lipinski definition) is 1. The summed E-state index contributed by atoms with van der Waals surface area (Å²) < 4.78 is 2.05. The lowest BCUT2D eigenvalue weighted by atomic mass is 10.0. The van der Waals surface area contributed by atoms with Crippen molar-refractivity contribution >= 4 is 0 Å². The molecule has 0 aliphatic heterocycles. The normalized spacial score (nSPS) is 20.7. The van der Waals surface area contributed by atoms with Crippen molar-refractivity contribution in [3.63, 3.8) is 0 Å². The summed E-state index contributed by atoms with van der Waals surface area (Å²) in [4.78, 5) is 0. The largest absolute Gasteiger partial charge is 0.308 e. The molecule has 1 N–H and O–H groups in total. The maximum Gasteiger partial charge on any atom is 0.0522 e. The number of rotatable bonds is 4. The van der Waals surface area contributed by atoms with Gasteiger partial charge in [0.05, 0.1) is 5.69 Å². The number of allylic oxidation sites excluding steroid dienone is 1. The topological polar surface area (TPSA) is 29.9 Å². The molecule has 1 aliphatic rings. The van der Waals surface area contributed by atoms with Crippen LogP contribution in [0.4, 0.5) is 0 Å². The predicted molar refractivity (Wildman–Crippen MR) is 61.5 cm³/mol. The molecule has 0 bridgehead atoms. The van der Waals surface area contributed by atoms with Crippen molar-refractivity contribution in [2.75, 3.05) is 0 Å². The molecule has 0 amide bonds. The van der Waals surface area contributed by atoms with Crippen molar-refractivity contribution in [3.05, 3.63) is 30.1 Å². The van der Waals surface area contributed by atoms with Crippen LogP contribution in [0.25, 0.3) is 0 Å². The Morgan fingerprint density at radius 2 is 2.47 bits per heavy atom. The molecule has 15 heavy (non-hydrogen) atoms. The summed E-state index contributed by atoms with van der Waals surface area (Å²) in [6.45, 7) is 4.01. The van der Waals surface area contributed by atoms with Crippen LogP contribution in [0.5, 0.6) is 0 Å². The summed E-state index contributed by atoms with van der Waals surface area (Å²) in [7, 11) is 0. The van der Waals surface area contributed by atoms with Crippen molar-refractivity contribution in [2.45, 2.75) is 45.3 Å². The van der Waals surface area contributed by atoms with E-state index in [9.17, 15) is 0 Å². The van der Waals surface area contributed by atoms with Crippen LogP contribution in [-0.2, 0) is 13.1 Å². The van der Waals surface area contributed by atoms with E-state index in [1.54, 1.807) is 0 Å². The van der Waals surface area contributed by atoms with Crippen molar-refractivity contribution in [1.29, 1.82) is 0 Å². The number of nitrogens with zero attached hydrogens (tertiary/aromatic N) is 2. The van der Waals surface area contributed by atoms with E-state index in [0.29, 0.717) is 6.04 Å². The highest BCUT2D eigenvalue weighted by Gasteiger charge is 2.09. The molecule has 1 aromatic heterocycles. The van der Waals surface area contributed by atoms with Gasteiger partial charge < -0.3 is 5.32 Å². The Morgan fingerprint density at radius 3 is 3.20 bits per heavy atom. The molecular formula is C12H19N3. The Balaban J connectivity index is 1.84. The van der Waals surface area contributed by atoms with E-state index in [-0.39, 0.29) is 0 Å². The Morgan fingerprint density at radius 1 is 1.53 bits per heavy atom. The quantitative estimate of drug-likeness (QED) is 0.763. The van der Waals surface area contributed by atoms with Crippen LogP contribution in [0, 0.1) is 0 Å². The lowest BCUT2D eigenvalue weighted by Crippen LogP contribution is -2.30. The first-order valence-corrected chi connectivity index (χ1v) is 5.79. The molecule has 3 heteroatoms. The average molecular weight is 205 g/mol. The van der Waals surface area contributed by atoms with Gasteiger partial charge >= 0.3 is 0 Å². The fourth-order valence-corrected chi connectivity index (χ4v) is 2.02. The zero-order valence-electron chi connectivity index (χ0n) is 9.32. The van der Waals surface area contributed by atoms with Gasteiger partial charge in [-0.05, 0) is 32.3 Å². The molecule has 1 aliphatic carbocycles. The van der Waals surface area contributed by atoms with Gasteiger partial charge in [0.1, 0.15) is 0 Å². The van der Waals surface area contributed by atoms with E-state index in [4.69, 9.17) is 0 Å². The third-order valence-electron chi connectivity index (χ3n) is 2.94. The number of aryl methyl sites for hydroxylation is 1. The maximum absolute atomic E-state index is 4.26. The fraction of sp³-hybridized carbons (Fsp3) is 0.583. The van der Waals surface area contributed by atoms with Gasteiger partial charge in [-0.2, -0.15) is 5.10 Å². The van der Waals surface area contributed by atoms with Crippen molar-refractivity contribution in [3.8, 4) is 0 Å². The molecule has 0 saturated heterocycles. The van der Waals surface area contributed by atoms with E-state index in [2.05, 4.69) is 35.6 Å². The molecule has 1 aromatic rings. The van der Waals surface area contributed by atoms with Gasteiger partial charge in [-0.15, -0.1) is 0 Å².